The number of hydrogen-bond donors (Lipinski definition) is 1. The molecule has 21 heavy (non-hydrogen) atoms. The van der Waals surface area contributed by atoms with Gasteiger partial charge in [0.2, 0.25) is 0 Å². The van der Waals surface area contributed by atoms with Crippen LogP contribution in [0.5, 0.6) is 11.5 Å². The lowest BCUT2D eigenvalue weighted by Crippen LogP contribution is -2.51. The predicted molar refractivity (Wildman–Crippen MR) is 88.3 cm³/mol. The molecule has 1 aromatic carbocycles. The third-order valence-corrected chi connectivity index (χ3v) is 4.31. The molecule has 4 nitrogen and oxygen atoms in total. The summed E-state index contributed by atoms with van der Waals surface area (Å²) in [5.74, 6) is 1.53. The summed E-state index contributed by atoms with van der Waals surface area (Å²) in [4.78, 5) is 2.46. The maximum atomic E-state index is 5.43. The van der Waals surface area contributed by atoms with Crippen LogP contribution in [0.1, 0.15) is 39.3 Å². The first-order chi connectivity index (χ1) is 9.95. The lowest BCUT2D eigenvalue weighted by molar-refractivity contribution is 0.0943. The van der Waals surface area contributed by atoms with Crippen molar-refractivity contribution >= 4 is 0 Å². The minimum atomic E-state index is -0.00213. The lowest BCUT2D eigenvalue weighted by atomic mass is 9.86. The predicted octanol–water partition coefficient (Wildman–Crippen LogP) is 3.08. The number of likely N-dealkylation sites (N-methyl/N-ethyl adjacent to an activating group) is 2. The van der Waals surface area contributed by atoms with Gasteiger partial charge >= 0.3 is 0 Å². The molecule has 0 saturated carbocycles. The first kappa shape index (κ1) is 17.8. The average Bonchev–Trinajstić information content (AvgIpc) is 2.48. The molecule has 1 rings (SSSR count). The van der Waals surface area contributed by atoms with Crippen molar-refractivity contribution in [2.75, 3.05) is 34.4 Å². The Bertz CT molecular complexity index is 442. The standard InChI is InChI=1S/C17H30N2O2/c1-8-19(9-2)17(3,4)16(18-5)13-10-11-14(20-6)15(12-13)21-7/h10-12,16,18H,8-9H2,1-7H3. The fourth-order valence-electron chi connectivity index (χ4n) is 3.18. The van der Waals surface area contributed by atoms with E-state index in [4.69, 9.17) is 9.47 Å². The van der Waals surface area contributed by atoms with Crippen LogP contribution in [0.4, 0.5) is 0 Å². The van der Waals surface area contributed by atoms with Gasteiger partial charge in [0.1, 0.15) is 0 Å². The molecule has 4 heteroatoms. The van der Waals surface area contributed by atoms with E-state index in [1.165, 1.54) is 5.56 Å². The van der Waals surface area contributed by atoms with E-state index in [0.717, 1.165) is 24.6 Å². The van der Waals surface area contributed by atoms with Gasteiger partial charge in [0, 0.05) is 5.54 Å². The number of ether oxygens (including phenoxy) is 2. The smallest absolute Gasteiger partial charge is 0.161 e. The van der Waals surface area contributed by atoms with Crippen LogP contribution in [-0.2, 0) is 0 Å². The summed E-state index contributed by atoms with van der Waals surface area (Å²) in [5, 5.41) is 3.46. The highest BCUT2D eigenvalue weighted by Crippen LogP contribution is 2.35. The van der Waals surface area contributed by atoms with Crippen molar-refractivity contribution < 1.29 is 9.47 Å². The maximum Gasteiger partial charge on any atom is 0.161 e. The highest BCUT2D eigenvalue weighted by molar-refractivity contribution is 5.44. The van der Waals surface area contributed by atoms with Crippen molar-refractivity contribution in [3.05, 3.63) is 23.8 Å². The topological polar surface area (TPSA) is 33.7 Å². The molecule has 1 aromatic rings. The lowest BCUT2D eigenvalue weighted by Gasteiger charge is -2.43. The van der Waals surface area contributed by atoms with E-state index >= 15 is 0 Å². The van der Waals surface area contributed by atoms with Gasteiger partial charge in [-0.15, -0.1) is 0 Å². The second-order valence-corrected chi connectivity index (χ2v) is 5.66. The summed E-state index contributed by atoms with van der Waals surface area (Å²) in [6.45, 7) is 11.0. The first-order valence-corrected chi connectivity index (χ1v) is 7.60. The second kappa shape index (κ2) is 7.66. The van der Waals surface area contributed by atoms with Gasteiger partial charge in [-0.2, -0.15) is 0 Å². The van der Waals surface area contributed by atoms with E-state index in [-0.39, 0.29) is 11.6 Å². The molecule has 0 amide bonds. The average molecular weight is 294 g/mol. The van der Waals surface area contributed by atoms with E-state index in [1.54, 1.807) is 14.2 Å². The van der Waals surface area contributed by atoms with Crippen LogP contribution >= 0.6 is 0 Å². The third kappa shape index (κ3) is 3.69. The molecular formula is C17H30N2O2. The van der Waals surface area contributed by atoms with Crippen molar-refractivity contribution in [1.82, 2.24) is 10.2 Å². The zero-order valence-electron chi connectivity index (χ0n) is 14.5. The van der Waals surface area contributed by atoms with Crippen molar-refractivity contribution in [2.45, 2.75) is 39.3 Å². The van der Waals surface area contributed by atoms with Crippen LogP contribution in [0.15, 0.2) is 18.2 Å². The number of methoxy groups -OCH3 is 2. The molecule has 0 bridgehead atoms. The maximum absolute atomic E-state index is 5.43. The molecule has 0 aliphatic heterocycles. The number of hydrogen-bond acceptors (Lipinski definition) is 4. The van der Waals surface area contributed by atoms with E-state index in [2.05, 4.69) is 50.0 Å². The molecule has 120 valence electrons. The van der Waals surface area contributed by atoms with Crippen LogP contribution < -0.4 is 14.8 Å². The Morgan fingerprint density at radius 2 is 1.67 bits per heavy atom. The minimum absolute atomic E-state index is 0.00213. The zero-order chi connectivity index (χ0) is 16.0. The second-order valence-electron chi connectivity index (χ2n) is 5.66. The largest absolute Gasteiger partial charge is 0.493 e. The Labute approximate surface area is 129 Å². The first-order valence-electron chi connectivity index (χ1n) is 7.60. The Hall–Kier alpha value is -1.26. The normalized spacial score (nSPS) is 13.3. The van der Waals surface area contributed by atoms with Crippen molar-refractivity contribution in [2.24, 2.45) is 0 Å². The third-order valence-electron chi connectivity index (χ3n) is 4.31. The minimum Gasteiger partial charge on any atom is -0.493 e. The Balaban J connectivity index is 3.20. The van der Waals surface area contributed by atoms with Crippen LogP contribution in [0.3, 0.4) is 0 Å². The fraction of sp³-hybridized carbons (Fsp3) is 0.647. The molecular weight excluding hydrogens is 264 g/mol. The Morgan fingerprint density at radius 3 is 2.10 bits per heavy atom. The molecule has 0 heterocycles. The summed E-state index contributed by atoms with van der Waals surface area (Å²) >= 11 is 0. The quantitative estimate of drug-likeness (QED) is 0.799. The van der Waals surface area contributed by atoms with Gasteiger partial charge in [-0.25, -0.2) is 0 Å². The summed E-state index contributed by atoms with van der Waals surface area (Å²) in [6, 6.07) is 6.34. The molecule has 0 radical (unpaired) electrons. The van der Waals surface area contributed by atoms with Gasteiger partial charge in [-0.05, 0) is 51.7 Å². The number of nitrogens with one attached hydrogen (secondary N) is 1. The van der Waals surface area contributed by atoms with Crippen LogP contribution in [0, 0.1) is 0 Å². The highest BCUT2D eigenvalue weighted by Gasteiger charge is 2.34. The van der Waals surface area contributed by atoms with Gasteiger partial charge in [0.15, 0.2) is 11.5 Å². The molecule has 0 fully saturated rings. The van der Waals surface area contributed by atoms with Gasteiger partial charge in [-0.3, -0.25) is 4.90 Å². The van der Waals surface area contributed by atoms with Crippen molar-refractivity contribution in [1.29, 1.82) is 0 Å². The van der Waals surface area contributed by atoms with E-state index in [1.807, 2.05) is 13.1 Å². The van der Waals surface area contributed by atoms with Crippen molar-refractivity contribution in [3.63, 3.8) is 0 Å². The van der Waals surface area contributed by atoms with Gasteiger partial charge in [-0.1, -0.05) is 19.9 Å². The van der Waals surface area contributed by atoms with Gasteiger partial charge in [0.25, 0.3) is 0 Å². The van der Waals surface area contributed by atoms with Crippen LogP contribution in [0.25, 0.3) is 0 Å². The molecule has 0 aliphatic rings. The molecule has 0 aliphatic carbocycles. The molecule has 0 aromatic heterocycles. The van der Waals surface area contributed by atoms with E-state index in [9.17, 15) is 0 Å². The highest BCUT2D eigenvalue weighted by atomic mass is 16.5. The summed E-state index contributed by atoms with van der Waals surface area (Å²) in [6.07, 6.45) is 0. The Morgan fingerprint density at radius 1 is 1.10 bits per heavy atom. The summed E-state index contributed by atoms with van der Waals surface area (Å²) < 4.78 is 10.8. The monoisotopic (exact) mass is 294 g/mol. The molecule has 1 unspecified atom stereocenters. The molecule has 0 spiro atoms. The Kier molecular flexibility index (Phi) is 6.49. The van der Waals surface area contributed by atoms with Crippen LogP contribution in [-0.4, -0.2) is 44.8 Å². The zero-order valence-corrected chi connectivity index (χ0v) is 14.5. The van der Waals surface area contributed by atoms with E-state index < -0.39 is 0 Å². The summed E-state index contributed by atoms with van der Waals surface area (Å²) in [7, 11) is 5.34. The fourth-order valence-corrected chi connectivity index (χ4v) is 3.18. The number of rotatable bonds is 8. The SMILES string of the molecule is CCN(CC)C(C)(C)C(NC)c1ccc(OC)c(OC)c1. The van der Waals surface area contributed by atoms with Gasteiger partial charge < -0.3 is 14.8 Å². The summed E-state index contributed by atoms with van der Waals surface area (Å²) in [5.41, 5.74) is 1.20. The van der Waals surface area contributed by atoms with Gasteiger partial charge in [0.05, 0.1) is 20.3 Å². The number of nitrogens with zero attached hydrogens (tertiary/aromatic N) is 1. The van der Waals surface area contributed by atoms with Crippen LogP contribution in [0.2, 0.25) is 0 Å². The molecule has 0 saturated heterocycles. The van der Waals surface area contributed by atoms with E-state index in [0.29, 0.717) is 0 Å². The molecule has 1 N–H and O–H groups in total. The molecule has 1 atom stereocenters. The van der Waals surface area contributed by atoms with Crippen molar-refractivity contribution in [3.8, 4) is 11.5 Å². The number of benzene rings is 1.